The normalized spacial score (nSPS) is 10.8. The molecule has 0 amide bonds. The third-order valence-corrected chi connectivity index (χ3v) is 3.31. The first-order valence-electron chi connectivity index (χ1n) is 6.78. The molecule has 7 heteroatoms. The number of ether oxygens (including phenoxy) is 2. The number of nitro groups is 1. The van der Waals surface area contributed by atoms with E-state index < -0.39 is 10.7 Å². The predicted octanol–water partition coefficient (Wildman–Crippen LogP) is 3.82. The van der Waals surface area contributed by atoms with Crippen LogP contribution in [0.15, 0.2) is 36.4 Å². The molecule has 2 aromatic rings. The van der Waals surface area contributed by atoms with E-state index in [1.165, 1.54) is 56.7 Å². The van der Waals surface area contributed by atoms with Crippen LogP contribution in [0.4, 0.5) is 10.1 Å². The fourth-order valence-corrected chi connectivity index (χ4v) is 2.12. The second kappa shape index (κ2) is 7.24. The average molecular weight is 328 g/mol. The number of hydrogen-bond donors (Lipinski definition) is 0. The molecule has 0 saturated carbocycles. The second-order valence-electron chi connectivity index (χ2n) is 4.70. The van der Waals surface area contributed by atoms with Gasteiger partial charge in [0, 0.05) is 0 Å². The highest BCUT2D eigenvalue weighted by atomic mass is 19.1. The molecular formula is C17H13FN2O4. The minimum atomic E-state index is -0.576. The van der Waals surface area contributed by atoms with Crippen molar-refractivity contribution in [2.45, 2.75) is 0 Å². The first-order chi connectivity index (χ1) is 11.5. The van der Waals surface area contributed by atoms with Crippen molar-refractivity contribution in [3.63, 3.8) is 0 Å². The van der Waals surface area contributed by atoms with Gasteiger partial charge in [-0.2, -0.15) is 5.26 Å². The minimum Gasteiger partial charge on any atom is -0.493 e. The Hall–Kier alpha value is -3.40. The van der Waals surface area contributed by atoms with E-state index in [9.17, 15) is 19.8 Å². The fourth-order valence-electron chi connectivity index (χ4n) is 2.12. The molecule has 0 aromatic heterocycles. The fraction of sp³-hybridized carbons (Fsp3) is 0.118. The van der Waals surface area contributed by atoms with E-state index in [1.807, 2.05) is 6.07 Å². The van der Waals surface area contributed by atoms with Gasteiger partial charge in [0.1, 0.15) is 5.82 Å². The Labute approximate surface area is 137 Å². The van der Waals surface area contributed by atoms with Gasteiger partial charge in [-0.1, -0.05) is 12.1 Å². The van der Waals surface area contributed by atoms with Crippen molar-refractivity contribution in [1.82, 2.24) is 0 Å². The summed E-state index contributed by atoms with van der Waals surface area (Å²) in [6, 6.07) is 9.88. The van der Waals surface area contributed by atoms with Gasteiger partial charge in [-0.3, -0.25) is 10.1 Å². The molecular weight excluding hydrogens is 315 g/mol. The summed E-state index contributed by atoms with van der Waals surface area (Å²) in [7, 11) is 2.78. The molecule has 6 nitrogen and oxygen atoms in total. The van der Waals surface area contributed by atoms with Crippen LogP contribution in [0.25, 0.3) is 11.6 Å². The average Bonchev–Trinajstić information content (AvgIpc) is 2.59. The molecule has 24 heavy (non-hydrogen) atoms. The lowest BCUT2D eigenvalue weighted by molar-refractivity contribution is -0.385. The Kier molecular flexibility index (Phi) is 5.12. The van der Waals surface area contributed by atoms with Crippen molar-refractivity contribution in [1.29, 1.82) is 5.26 Å². The Morgan fingerprint density at radius 2 is 1.79 bits per heavy atom. The lowest BCUT2D eigenvalue weighted by Gasteiger charge is -2.09. The number of benzene rings is 2. The van der Waals surface area contributed by atoms with Crippen molar-refractivity contribution in [2.24, 2.45) is 0 Å². The third kappa shape index (κ3) is 3.50. The molecule has 0 saturated heterocycles. The molecule has 0 aliphatic rings. The molecule has 0 bridgehead atoms. The first-order valence-corrected chi connectivity index (χ1v) is 6.78. The SMILES string of the molecule is COc1cc(/C=C(\C#N)c2ccc(F)cc2)c([N+](=O)[O-])cc1OC. The van der Waals surface area contributed by atoms with E-state index in [0.29, 0.717) is 11.3 Å². The van der Waals surface area contributed by atoms with E-state index in [0.717, 1.165) is 0 Å². The summed E-state index contributed by atoms with van der Waals surface area (Å²) in [6.07, 6.45) is 1.35. The lowest BCUT2D eigenvalue weighted by atomic mass is 10.0. The lowest BCUT2D eigenvalue weighted by Crippen LogP contribution is -1.97. The number of nitro benzene ring substituents is 1. The second-order valence-corrected chi connectivity index (χ2v) is 4.70. The minimum absolute atomic E-state index is 0.158. The maximum absolute atomic E-state index is 13.0. The Morgan fingerprint density at radius 3 is 2.29 bits per heavy atom. The van der Waals surface area contributed by atoms with E-state index in [2.05, 4.69) is 0 Å². The van der Waals surface area contributed by atoms with Crippen LogP contribution in [-0.4, -0.2) is 19.1 Å². The summed E-state index contributed by atoms with van der Waals surface area (Å²) in [5.41, 5.74) is 0.550. The summed E-state index contributed by atoms with van der Waals surface area (Å²) >= 11 is 0. The molecule has 0 N–H and O–H groups in total. The van der Waals surface area contributed by atoms with Gasteiger partial charge in [0.05, 0.1) is 42.4 Å². The summed E-state index contributed by atoms with van der Waals surface area (Å²) in [4.78, 5) is 10.7. The van der Waals surface area contributed by atoms with Crippen LogP contribution in [0.3, 0.4) is 0 Å². The van der Waals surface area contributed by atoms with Crippen molar-refractivity contribution in [3.05, 3.63) is 63.5 Å². The van der Waals surface area contributed by atoms with Crippen molar-refractivity contribution in [3.8, 4) is 17.6 Å². The van der Waals surface area contributed by atoms with Crippen LogP contribution in [0.2, 0.25) is 0 Å². The largest absolute Gasteiger partial charge is 0.493 e. The molecule has 0 spiro atoms. The molecule has 0 unspecified atom stereocenters. The molecule has 0 aliphatic carbocycles. The molecule has 0 fully saturated rings. The molecule has 122 valence electrons. The quantitative estimate of drug-likeness (QED) is 0.360. The number of allylic oxidation sites excluding steroid dienone is 1. The van der Waals surface area contributed by atoms with E-state index in [1.54, 1.807) is 0 Å². The first kappa shape index (κ1) is 17.0. The molecule has 0 aliphatic heterocycles. The van der Waals surface area contributed by atoms with Gasteiger partial charge in [-0.25, -0.2) is 4.39 Å². The maximum Gasteiger partial charge on any atom is 0.280 e. The standard InChI is InChI=1S/C17H13FN2O4/c1-23-16-8-12(15(20(21)22)9-17(16)24-2)7-13(10-19)11-3-5-14(18)6-4-11/h3-9H,1-2H3/b13-7+. The summed E-state index contributed by atoms with van der Waals surface area (Å²) in [5, 5.41) is 20.6. The number of nitrogens with zero attached hydrogens (tertiary/aromatic N) is 2. The predicted molar refractivity (Wildman–Crippen MR) is 86.1 cm³/mol. The molecule has 2 rings (SSSR count). The van der Waals surface area contributed by atoms with E-state index in [4.69, 9.17) is 9.47 Å². The van der Waals surface area contributed by atoms with Crippen molar-refractivity contribution >= 4 is 17.3 Å². The van der Waals surface area contributed by atoms with Gasteiger partial charge >= 0.3 is 0 Å². The van der Waals surface area contributed by atoms with Crippen molar-refractivity contribution < 1.29 is 18.8 Å². The number of rotatable bonds is 5. The summed E-state index contributed by atoms with van der Waals surface area (Å²) < 4.78 is 23.2. The van der Waals surface area contributed by atoms with Gasteiger partial charge in [0.25, 0.3) is 5.69 Å². The highest BCUT2D eigenvalue weighted by Crippen LogP contribution is 2.36. The van der Waals surface area contributed by atoms with Crippen LogP contribution in [-0.2, 0) is 0 Å². The van der Waals surface area contributed by atoms with Crippen molar-refractivity contribution in [2.75, 3.05) is 14.2 Å². The Bertz CT molecular complexity index is 839. The molecule has 2 aromatic carbocycles. The van der Waals surface area contributed by atoms with Gasteiger partial charge in [0.15, 0.2) is 11.5 Å². The Balaban J connectivity index is 2.62. The van der Waals surface area contributed by atoms with Crippen LogP contribution in [0.5, 0.6) is 11.5 Å². The zero-order valence-corrected chi connectivity index (χ0v) is 12.9. The van der Waals surface area contributed by atoms with Crippen LogP contribution in [0, 0.1) is 27.3 Å². The van der Waals surface area contributed by atoms with Gasteiger partial charge in [-0.15, -0.1) is 0 Å². The van der Waals surface area contributed by atoms with Gasteiger partial charge < -0.3 is 9.47 Å². The van der Waals surface area contributed by atoms with Gasteiger partial charge in [-0.05, 0) is 29.8 Å². The van der Waals surface area contributed by atoms with Gasteiger partial charge in [0.2, 0.25) is 0 Å². The number of methoxy groups -OCH3 is 2. The Morgan fingerprint density at radius 1 is 1.21 bits per heavy atom. The van der Waals surface area contributed by atoms with Crippen LogP contribution >= 0.6 is 0 Å². The summed E-state index contributed by atoms with van der Waals surface area (Å²) in [5.74, 6) is 0.0699. The highest BCUT2D eigenvalue weighted by molar-refractivity contribution is 5.91. The monoisotopic (exact) mass is 328 g/mol. The van der Waals surface area contributed by atoms with Crippen LogP contribution in [0.1, 0.15) is 11.1 Å². The number of nitriles is 1. The highest BCUT2D eigenvalue weighted by Gasteiger charge is 2.19. The topological polar surface area (TPSA) is 85.4 Å². The molecule has 0 heterocycles. The molecule has 0 radical (unpaired) electrons. The maximum atomic E-state index is 13.0. The van der Waals surface area contributed by atoms with Crippen LogP contribution < -0.4 is 9.47 Å². The van der Waals surface area contributed by atoms with E-state index in [-0.39, 0.29) is 22.6 Å². The molecule has 0 atom stereocenters. The summed E-state index contributed by atoms with van der Waals surface area (Å²) in [6.45, 7) is 0. The van der Waals surface area contributed by atoms with E-state index >= 15 is 0 Å². The zero-order chi connectivity index (χ0) is 17.7. The third-order valence-electron chi connectivity index (χ3n) is 3.31. The number of halogens is 1. The smallest absolute Gasteiger partial charge is 0.280 e. The number of hydrogen-bond acceptors (Lipinski definition) is 5. The zero-order valence-electron chi connectivity index (χ0n) is 12.9.